The van der Waals surface area contributed by atoms with E-state index in [2.05, 4.69) is 15.5 Å². The van der Waals surface area contributed by atoms with Gasteiger partial charge in [-0.05, 0) is 19.1 Å². The fraction of sp³-hybridized carbons (Fsp3) is 0.400. The Morgan fingerprint density at radius 2 is 2.17 bits per heavy atom. The fourth-order valence-electron chi connectivity index (χ4n) is 1.81. The second-order valence-corrected chi connectivity index (χ2v) is 5.06. The van der Waals surface area contributed by atoms with Crippen molar-refractivity contribution in [3.05, 3.63) is 30.2 Å². The third kappa shape index (κ3) is 4.67. The molecule has 0 saturated heterocycles. The van der Waals surface area contributed by atoms with Gasteiger partial charge in [0.1, 0.15) is 11.8 Å². The van der Waals surface area contributed by atoms with Crippen LogP contribution in [0.25, 0.3) is 11.4 Å². The summed E-state index contributed by atoms with van der Waals surface area (Å²) in [6, 6.07) is 6.97. The number of aromatic nitrogens is 2. The number of carbonyl (C=O) groups excluding carboxylic acids is 1. The van der Waals surface area contributed by atoms with Gasteiger partial charge in [-0.1, -0.05) is 24.2 Å². The smallest absolute Gasteiger partial charge is 0.249 e. The molecule has 0 saturated carbocycles. The van der Waals surface area contributed by atoms with Gasteiger partial charge in [-0.15, -0.1) is 12.4 Å². The number of amides is 1. The fourth-order valence-corrected chi connectivity index (χ4v) is 1.81. The quantitative estimate of drug-likeness (QED) is 0.832. The Balaban J connectivity index is 0.00000264. The first-order chi connectivity index (χ1) is 10.5. The van der Waals surface area contributed by atoms with Gasteiger partial charge in [0.05, 0.1) is 7.11 Å². The van der Waals surface area contributed by atoms with Crippen molar-refractivity contribution in [2.24, 2.45) is 11.7 Å². The molecule has 8 heteroatoms. The summed E-state index contributed by atoms with van der Waals surface area (Å²) in [5.74, 6) is 1.10. The number of nitrogens with zero attached hydrogens (tertiary/aromatic N) is 2. The van der Waals surface area contributed by atoms with E-state index >= 15 is 0 Å². The van der Waals surface area contributed by atoms with E-state index in [1.54, 1.807) is 21.0 Å². The highest BCUT2D eigenvalue weighted by Gasteiger charge is 2.19. The van der Waals surface area contributed by atoms with Crippen LogP contribution < -0.4 is 15.8 Å². The Bertz CT molecular complexity index is 647. The molecule has 1 aromatic carbocycles. The summed E-state index contributed by atoms with van der Waals surface area (Å²) in [7, 11) is 1.59. The van der Waals surface area contributed by atoms with E-state index in [1.807, 2.05) is 24.3 Å². The second-order valence-electron chi connectivity index (χ2n) is 5.06. The Hall–Kier alpha value is -2.12. The van der Waals surface area contributed by atoms with E-state index in [4.69, 9.17) is 15.0 Å². The Morgan fingerprint density at radius 3 is 2.83 bits per heavy atom. The number of hydrogen-bond donors (Lipinski definition) is 2. The molecule has 1 amide bonds. The van der Waals surface area contributed by atoms with Gasteiger partial charge in [0, 0.05) is 18.0 Å². The van der Waals surface area contributed by atoms with E-state index in [1.165, 1.54) is 0 Å². The highest BCUT2D eigenvalue weighted by Crippen LogP contribution is 2.22. The molecular formula is C15H21ClN4O3. The van der Waals surface area contributed by atoms with Crippen LogP contribution in [0.4, 0.5) is 0 Å². The zero-order valence-electron chi connectivity index (χ0n) is 13.3. The van der Waals surface area contributed by atoms with E-state index < -0.39 is 0 Å². The lowest BCUT2D eigenvalue weighted by atomic mass is 10.1. The van der Waals surface area contributed by atoms with Crippen LogP contribution in [-0.4, -0.2) is 29.7 Å². The maximum absolute atomic E-state index is 11.8. The van der Waals surface area contributed by atoms with Gasteiger partial charge in [-0.3, -0.25) is 4.79 Å². The molecule has 0 aliphatic carbocycles. The van der Waals surface area contributed by atoms with Crippen molar-refractivity contribution in [1.82, 2.24) is 15.5 Å². The minimum absolute atomic E-state index is 0. The molecule has 23 heavy (non-hydrogen) atoms. The molecule has 7 nitrogen and oxygen atoms in total. The Morgan fingerprint density at radius 1 is 1.43 bits per heavy atom. The van der Waals surface area contributed by atoms with Crippen LogP contribution in [-0.2, 0) is 4.79 Å². The molecule has 2 unspecified atom stereocenters. The third-order valence-corrected chi connectivity index (χ3v) is 3.30. The van der Waals surface area contributed by atoms with Crippen LogP contribution in [0.2, 0.25) is 0 Å². The van der Waals surface area contributed by atoms with Gasteiger partial charge in [0.15, 0.2) is 0 Å². The summed E-state index contributed by atoms with van der Waals surface area (Å²) in [6.07, 6.45) is 0. The van der Waals surface area contributed by atoms with Gasteiger partial charge in [0.25, 0.3) is 0 Å². The van der Waals surface area contributed by atoms with Gasteiger partial charge in [0.2, 0.25) is 17.6 Å². The molecule has 1 heterocycles. The first-order valence-electron chi connectivity index (χ1n) is 7.03. The minimum atomic E-state index is -0.381. The van der Waals surface area contributed by atoms with Crippen molar-refractivity contribution in [1.29, 1.82) is 0 Å². The average Bonchev–Trinajstić information content (AvgIpc) is 3.04. The van der Waals surface area contributed by atoms with Crippen LogP contribution in [0.3, 0.4) is 0 Å². The highest BCUT2D eigenvalue weighted by atomic mass is 35.5. The number of nitrogens with two attached hydrogens (primary N) is 1. The standard InChI is InChI=1S/C15H20N4O3.ClH/c1-9(8-16)14(20)17-10(2)15-18-13(19-22-15)11-5-4-6-12(7-11)21-3;/h4-7,9-10H,8,16H2,1-3H3,(H,17,20);1H. The van der Waals surface area contributed by atoms with Crippen molar-refractivity contribution < 1.29 is 14.1 Å². The van der Waals surface area contributed by atoms with E-state index in [-0.39, 0.29) is 36.8 Å². The molecule has 0 spiro atoms. The molecule has 0 aliphatic heterocycles. The molecule has 0 fully saturated rings. The maximum Gasteiger partial charge on any atom is 0.249 e. The number of methoxy groups -OCH3 is 1. The zero-order valence-corrected chi connectivity index (χ0v) is 14.1. The monoisotopic (exact) mass is 340 g/mol. The van der Waals surface area contributed by atoms with Crippen molar-refractivity contribution in [3.63, 3.8) is 0 Å². The molecule has 1 aromatic heterocycles. The highest BCUT2D eigenvalue weighted by molar-refractivity contribution is 5.85. The first-order valence-corrected chi connectivity index (χ1v) is 7.03. The predicted molar refractivity (Wildman–Crippen MR) is 88.3 cm³/mol. The van der Waals surface area contributed by atoms with Crippen LogP contribution in [0.15, 0.2) is 28.8 Å². The molecule has 2 rings (SSSR count). The van der Waals surface area contributed by atoms with Gasteiger partial charge in [-0.2, -0.15) is 4.98 Å². The third-order valence-electron chi connectivity index (χ3n) is 3.30. The van der Waals surface area contributed by atoms with Crippen molar-refractivity contribution >= 4 is 18.3 Å². The van der Waals surface area contributed by atoms with Crippen molar-refractivity contribution in [3.8, 4) is 17.1 Å². The number of rotatable bonds is 6. The van der Waals surface area contributed by atoms with Crippen LogP contribution in [0, 0.1) is 5.92 Å². The summed E-state index contributed by atoms with van der Waals surface area (Å²) in [5, 5.41) is 6.73. The number of benzene rings is 1. The Kier molecular flexibility index (Phi) is 6.99. The number of hydrogen-bond acceptors (Lipinski definition) is 6. The number of carbonyl (C=O) groups is 1. The van der Waals surface area contributed by atoms with E-state index in [0.29, 0.717) is 17.5 Å². The lowest BCUT2D eigenvalue weighted by Gasteiger charge is -2.13. The normalized spacial score (nSPS) is 12.9. The summed E-state index contributed by atoms with van der Waals surface area (Å²) in [5.41, 5.74) is 6.25. The molecule has 0 radical (unpaired) electrons. The Labute approximate surface area is 141 Å². The summed E-state index contributed by atoms with van der Waals surface area (Å²) in [6.45, 7) is 3.83. The van der Waals surface area contributed by atoms with Gasteiger partial charge >= 0.3 is 0 Å². The van der Waals surface area contributed by atoms with Crippen LogP contribution >= 0.6 is 12.4 Å². The lowest BCUT2D eigenvalue weighted by molar-refractivity contribution is -0.125. The van der Waals surface area contributed by atoms with E-state index in [9.17, 15) is 4.79 Å². The van der Waals surface area contributed by atoms with Crippen LogP contribution in [0.1, 0.15) is 25.8 Å². The SMILES string of the molecule is COc1cccc(-c2noc(C(C)NC(=O)C(C)CN)n2)c1.Cl. The molecule has 2 aromatic rings. The summed E-state index contributed by atoms with van der Waals surface area (Å²) >= 11 is 0. The maximum atomic E-state index is 11.8. The van der Waals surface area contributed by atoms with E-state index in [0.717, 1.165) is 5.56 Å². The molecule has 3 N–H and O–H groups in total. The number of ether oxygens (including phenoxy) is 1. The lowest BCUT2D eigenvalue weighted by Crippen LogP contribution is -2.35. The zero-order chi connectivity index (χ0) is 16.1. The van der Waals surface area contributed by atoms with Crippen molar-refractivity contribution in [2.45, 2.75) is 19.9 Å². The van der Waals surface area contributed by atoms with Gasteiger partial charge < -0.3 is 20.3 Å². The van der Waals surface area contributed by atoms with Crippen molar-refractivity contribution in [2.75, 3.05) is 13.7 Å². The molecule has 2 atom stereocenters. The topological polar surface area (TPSA) is 103 Å². The number of nitrogens with one attached hydrogen (secondary N) is 1. The van der Waals surface area contributed by atoms with Gasteiger partial charge in [-0.25, -0.2) is 0 Å². The average molecular weight is 341 g/mol. The first kappa shape index (κ1) is 18.9. The molecule has 0 aliphatic rings. The summed E-state index contributed by atoms with van der Waals surface area (Å²) < 4.78 is 10.4. The largest absolute Gasteiger partial charge is 0.497 e. The summed E-state index contributed by atoms with van der Waals surface area (Å²) in [4.78, 5) is 16.1. The number of halogens is 1. The molecule has 0 bridgehead atoms. The van der Waals surface area contributed by atoms with Crippen LogP contribution in [0.5, 0.6) is 5.75 Å². The predicted octanol–water partition coefficient (Wildman–Crippen LogP) is 1.94. The molecule has 126 valence electrons. The second kappa shape index (κ2) is 8.50. The minimum Gasteiger partial charge on any atom is -0.497 e. The molecular weight excluding hydrogens is 320 g/mol.